The van der Waals surface area contributed by atoms with Gasteiger partial charge in [-0.1, -0.05) is 0 Å². The minimum Gasteiger partial charge on any atom is -0.502 e. The second-order valence-corrected chi connectivity index (χ2v) is 5.48. The van der Waals surface area contributed by atoms with Crippen molar-refractivity contribution in [3.63, 3.8) is 0 Å². The fourth-order valence-electron chi connectivity index (χ4n) is 2.78. The number of aliphatic hydroxyl groups is 1. The molecule has 7 nitrogen and oxygen atoms in total. The highest BCUT2D eigenvalue weighted by molar-refractivity contribution is 5.83. The largest absolute Gasteiger partial charge is 0.502 e. The molecule has 0 saturated heterocycles. The number of phenols is 1. The Morgan fingerprint density at radius 3 is 2.33 bits per heavy atom. The molecule has 126 valence electrons. The third kappa shape index (κ3) is 2.63. The van der Waals surface area contributed by atoms with E-state index in [0.29, 0.717) is 5.56 Å². The van der Waals surface area contributed by atoms with Crippen LogP contribution >= 0.6 is 0 Å². The zero-order chi connectivity index (χ0) is 17.4. The second-order valence-electron chi connectivity index (χ2n) is 5.48. The second kappa shape index (κ2) is 6.01. The van der Waals surface area contributed by atoms with Crippen molar-refractivity contribution in [1.82, 2.24) is 0 Å². The van der Waals surface area contributed by atoms with Gasteiger partial charge in [-0.05, 0) is 12.1 Å². The van der Waals surface area contributed by atoms with Crippen LogP contribution in [0.15, 0.2) is 27.4 Å². The summed E-state index contributed by atoms with van der Waals surface area (Å²) in [5, 5.41) is 19.9. The molecule has 1 aliphatic rings. The molecule has 3 rings (SSSR count). The number of hydrogen-bond acceptors (Lipinski definition) is 7. The molecule has 0 spiro atoms. The summed E-state index contributed by atoms with van der Waals surface area (Å²) in [5.74, 6) is 0.289. The summed E-state index contributed by atoms with van der Waals surface area (Å²) in [6, 6.07) is 4.22. The van der Waals surface area contributed by atoms with E-state index < -0.39 is 11.5 Å². The highest BCUT2D eigenvalue weighted by atomic mass is 16.5. The summed E-state index contributed by atoms with van der Waals surface area (Å²) in [4.78, 5) is 24.0. The normalized spacial score (nSPS) is 16.6. The lowest BCUT2D eigenvalue weighted by Gasteiger charge is -2.19. The Balaban J connectivity index is 2.18. The predicted octanol–water partition coefficient (Wildman–Crippen LogP) is 1.58. The molecule has 2 aromatic rings. The standard InChI is InChI=1S/C17H16O7/c1-22-14-3-8(4-15(23-2)17(14)21)12-7-11(20)16-10(19)5-9(18)6-13(16)24-12/h3-4,7,10,19,21H,5-6H2,1-2H3/t10-/m1/s1. The van der Waals surface area contributed by atoms with Crippen LogP contribution in [0.1, 0.15) is 23.8 Å². The maximum absolute atomic E-state index is 12.3. The van der Waals surface area contributed by atoms with E-state index in [1.807, 2.05) is 0 Å². The molecule has 0 saturated carbocycles. The summed E-state index contributed by atoms with van der Waals surface area (Å²) in [7, 11) is 2.77. The van der Waals surface area contributed by atoms with E-state index >= 15 is 0 Å². The molecule has 7 heteroatoms. The van der Waals surface area contributed by atoms with Crippen molar-refractivity contribution in [2.24, 2.45) is 0 Å². The van der Waals surface area contributed by atoms with Crippen molar-refractivity contribution in [3.8, 4) is 28.6 Å². The predicted molar refractivity (Wildman–Crippen MR) is 83.5 cm³/mol. The van der Waals surface area contributed by atoms with Crippen molar-refractivity contribution >= 4 is 5.78 Å². The SMILES string of the molecule is COc1cc(-c2cc(=O)c3c(o2)CC(=O)C[C@H]3O)cc(OC)c1O. The van der Waals surface area contributed by atoms with Gasteiger partial charge in [0.1, 0.15) is 17.3 Å². The molecule has 1 heterocycles. The molecule has 1 aromatic carbocycles. The van der Waals surface area contributed by atoms with Gasteiger partial charge in [0.25, 0.3) is 0 Å². The summed E-state index contributed by atoms with van der Waals surface area (Å²) < 4.78 is 15.8. The van der Waals surface area contributed by atoms with Gasteiger partial charge in [0.2, 0.25) is 5.75 Å². The number of aromatic hydroxyl groups is 1. The topological polar surface area (TPSA) is 106 Å². The highest BCUT2D eigenvalue weighted by Crippen LogP contribution is 2.40. The highest BCUT2D eigenvalue weighted by Gasteiger charge is 2.29. The van der Waals surface area contributed by atoms with Crippen LogP contribution in [-0.4, -0.2) is 30.2 Å². The Morgan fingerprint density at radius 1 is 1.12 bits per heavy atom. The first-order valence-corrected chi connectivity index (χ1v) is 7.26. The summed E-state index contributed by atoms with van der Waals surface area (Å²) >= 11 is 0. The van der Waals surface area contributed by atoms with Gasteiger partial charge in [-0.3, -0.25) is 9.59 Å². The minimum atomic E-state index is -1.14. The fraction of sp³-hybridized carbons (Fsp3) is 0.294. The molecule has 0 unspecified atom stereocenters. The van der Waals surface area contributed by atoms with Gasteiger partial charge in [0.05, 0.1) is 32.3 Å². The smallest absolute Gasteiger partial charge is 0.200 e. The van der Waals surface area contributed by atoms with Crippen LogP contribution in [0.3, 0.4) is 0 Å². The Labute approximate surface area is 137 Å². The first kappa shape index (κ1) is 16.1. The van der Waals surface area contributed by atoms with E-state index in [4.69, 9.17) is 13.9 Å². The zero-order valence-corrected chi connectivity index (χ0v) is 13.2. The first-order valence-electron chi connectivity index (χ1n) is 7.26. The fourth-order valence-corrected chi connectivity index (χ4v) is 2.78. The number of phenolic OH excluding ortho intramolecular Hbond substituents is 1. The quantitative estimate of drug-likeness (QED) is 0.879. The Hall–Kier alpha value is -2.80. The maximum atomic E-state index is 12.3. The number of methoxy groups -OCH3 is 2. The monoisotopic (exact) mass is 332 g/mol. The number of Topliss-reactive ketones (excluding diaryl/α,β-unsaturated/α-hetero) is 1. The first-order chi connectivity index (χ1) is 11.4. The number of ether oxygens (including phenoxy) is 2. The number of aliphatic hydroxyl groups excluding tert-OH is 1. The third-order valence-corrected chi connectivity index (χ3v) is 3.94. The molecule has 24 heavy (non-hydrogen) atoms. The summed E-state index contributed by atoms with van der Waals surface area (Å²) in [6.45, 7) is 0. The van der Waals surface area contributed by atoms with Gasteiger partial charge in [0, 0.05) is 18.1 Å². The number of fused-ring (bicyclic) bond motifs is 1. The molecule has 1 atom stereocenters. The van der Waals surface area contributed by atoms with Gasteiger partial charge < -0.3 is 24.1 Å². The van der Waals surface area contributed by atoms with Gasteiger partial charge in [-0.25, -0.2) is 0 Å². The van der Waals surface area contributed by atoms with Crippen LogP contribution < -0.4 is 14.9 Å². The molecule has 0 aliphatic heterocycles. The molecule has 1 aromatic heterocycles. The molecule has 0 bridgehead atoms. The number of rotatable bonds is 3. The van der Waals surface area contributed by atoms with Crippen LogP contribution in [0, 0.1) is 0 Å². The zero-order valence-electron chi connectivity index (χ0n) is 13.2. The van der Waals surface area contributed by atoms with Crippen molar-refractivity contribution in [3.05, 3.63) is 39.7 Å². The Kier molecular flexibility index (Phi) is 4.02. The Morgan fingerprint density at radius 2 is 1.75 bits per heavy atom. The average Bonchev–Trinajstić information content (AvgIpc) is 2.53. The summed E-state index contributed by atoms with van der Waals surface area (Å²) in [5.41, 5.74) is 0.155. The number of hydrogen-bond donors (Lipinski definition) is 2. The number of ketones is 1. The van der Waals surface area contributed by atoms with Crippen molar-refractivity contribution in [1.29, 1.82) is 0 Å². The van der Waals surface area contributed by atoms with Crippen LogP contribution in [-0.2, 0) is 11.2 Å². The lowest BCUT2D eigenvalue weighted by Crippen LogP contribution is -2.25. The molecule has 0 fully saturated rings. The molecule has 2 N–H and O–H groups in total. The van der Waals surface area contributed by atoms with Gasteiger partial charge in [-0.2, -0.15) is 0 Å². The van der Waals surface area contributed by atoms with Crippen molar-refractivity contribution in [2.45, 2.75) is 18.9 Å². The lowest BCUT2D eigenvalue weighted by atomic mass is 9.92. The van der Waals surface area contributed by atoms with Crippen LogP contribution in [0.4, 0.5) is 0 Å². The third-order valence-electron chi connectivity index (χ3n) is 3.94. The number of carbonyl (C=O) groups excluding carboxylic acids is 1. The van der Waals surface area contributed by atoms with Crippen molar-refractivity contribution < 1.29 is 28.9 Å². The van der Waals surface area contributed by atoms with E-state index in [9.17, 15) is 19.8 Å². The molecule has 0 radical (unpaired) electrons. The number of carbonyl (C=O) groups is 1. The maximum Gasteiger partial charge on any atom is 0.200 e. The lowest BCUT2D eigenvalue weighted by molar-refractivity contribution is -0.121. The van der Waals surface area contributed by atoms with Crippen LogP contribution in [0.5, 0.6) is 17.2 Å². The van der Waals surface area contributed by atoms with E-state index in [0.717, 1.165) is 0 Å². The number of benzene rings is 1. The van der Waals surface area contributed by atoms with Gasteiger partial charge in [0.15, 0.2) is 16.9 Å². The van der Waals surface area contributed by atoms with Crippen LogP contribution in [0.2, 0.25) is 0 Å². The Bertz CT molecular complexity index is 841. The van der Waals surface area contributed by atoms with Crippen molar-refractivity contribution in [2.75, 3.05) is 14.2 Å². The van der Waals surface area contributed by atoms with E-state index in [1.165, 1.54) is 32.4 Å². The molecule has 1 aliphatic carbocycles. The van der Waals surface area contributed by atoms with E-state index in [-0.39, 0.29) is 53.0 Å². The van der Waals surface area contributed by atoms with Crippen LogP contribution in [0.25, 0.3) is 11.3 Å². The van der Waals surface area contributed by atoms with E-state index in [2.05, 4.69) is 0 Å². The summed E-state index contributed by atoms with van der Waals surface area (Å²) in [6.07, 6.45) is -1.27. The minimum absolute atomic E-state index is 0.0399. The van der Waals surface area contributed by atoms with Gasteiger partial charge >= 0.3 is 0 Å². The average molecular weight is 332 g/mol. The van der Waals surface area contributed by atoms with E-state index in [1.54, 1.807) is 0 Å². The molecular weight excluding hydrogens is 316 g/mol. The molecule has 0 amide bonds. The molecular formula is C17H16O7. The van der Waals surface area contributed by atoms with Gasteiger partial charge in [-0.15, -0.1) is 0 Å².